The molecule has 0 saturated heterocycles. The van der Waals surface area contributed by atoms with Gasteiger partial charge in [0.05, 0.1) is 26.4 Å². The average molecular weight is 235 g/mol. The summed E-state index contributed by atoms with van der Waals surface area (Å²) < 4.78 is 10.3. The maximum atomic E-state index is 11.0. The van der Waals surface area contributed by atoms with Crippen molar-refractivity contribution in [2.24, 2.45) is 0 Å². The smallest absolute Gasteiger partial charge is 0.319 e. The lowest BCUT2D eigenvalue weighted by Gasteiger charge is -2.26. The highest BCUT2D eigenvalue weighted by atomic mass is 16.5. The number of methoxy groups -OCH3 is 1. The Morgan fingerprint density at radius 3 is 3.18 bits per heavy atom. The highest BCUT2D eigenvalue weighted by molar-refractivity contribution is 5.71. The van der Waals surface area contributed by atoms with Crippen molar-refractivity contribution in [2.45, 2.75) is 12.5 Å². The molecular formula is C13H17NO3. The van der Waals surface area contributed by atoms with Gasteiger partial charge in [0.15, 0.2) is 0 Å². The summed E-state index contributed by atoms with van der Waals surface area (Å²) in [6, 6.07) is 8.27. The van der Waals surface area contributed by atoms with Crippen molar-refractivity contribution in [2.75, 3.05) is 26.8 Å². The van der Waals surface area contributed by atoms with Crippen LogP contribution in [0, 0.1) is 0 Å². The number of carbonyl (C=O) groups is 1. The molecule has 0 bridgehead atoms. The molecular weight excluding hydrogens is 218 g/mol. The van der Waals surface area contributed by atoms with Crippen LogP contribution in [0.5, 0.6) is 0 Å². The average Bonchev–Trinajstić information content (AvgIpc) is 2.39. The van der Waals surface area contributed by atoms with E-state index in [2.05, 4.69) is 22.2 Å². The quantitative estimate of drug-likeness (QED) is 0.793. The first-order chi connectivity index (χ1) is 8.31. The van der Waals surface area contributed by atoms with Gasteiger partial charge in [-0.2, -0.15) is 0 Å². The molecule has 92 valence electrons. The molecule has 1 aliphatic rings. The maximum Gasteiger partial charge on any atom is 0.319 e. The summed E-state index contributed by atoms with van der Waals surface area (Å²) in [5.74, 6) is -0.255. The number of nitrogens with one attached hydrogen (secondary N) is 1. The van der Waals surface area contributed by atoms with Crippen LogP contribution in [-0.2, 0) is 20.7 Å². The van der Waals surface area contributed by atoms with Crippen LogP contribution in [0.1, 0.15) is 17.2 Å². The van der Waals surface area contributed by atoms with E-state index in [1.807, 2.05) is 12.1 Å². The van der Waals surface area contributed by atoms with E-state index in [4.69, 9.17) is 4.74 Å². The van der Waals surface area contributed by atoms with Crippen LogP contribution in [0.2, 0.25) is 0 Å². The van der Waals surface area contributed by atoms with Gasteiger partial charge in [-0.15, -0.1) is 0 Å². The van der Waals surface area contributed by atoms with Gasteiger partial charge in [0.2, 0.25) is 0 Å². The fourth-order valence-corrected chi connectivity index (χ4v) is 2.02. The molecule has 1 N–H and O–H groups in total. The number of hydrogen-bond donors (Lipinski definition) is 1. The first kappa shape index (κ1) is 12.1. The molecule has 0 amide bonds. The number of ether oxygens (including phenoxy) is 2. The van der Waals surface area contributed by atoms with E-state index in [1.165, 1.54) is 18.2 Å². The monoisotopic (exact) mass is 235 g/mol. The van der Waals surface area contributed by atoms with Crippen molar-refractivity contribution >= 4 is 5.97 Å². The summed E-state index contributed by atoms with van der Waals surface area (Å²) in [5.41, 5.74) is 2.56. The van der Waals surface area contributed by atoms with Gasteiger partial charge in [-0.05, 0) is 17.5 Å². The summed E-state index contributed by atoms with van der Waals surface area (Å²) in [7, 11) is 1.39. The number of carbonyl (C=O) groups excluding carboxylic acids is 1. The van der Waals surface area contributed by atoms with E-state index >= 15 is 0 Å². The third-order valence-electron chi connectivity index (χ3n) is 2.92. The number of fused-ring (bicyclic) bond motifs is 1. The fourth-order valence-electron chi connectivity index (χ4n) is 2.02. The Morgan fingerprint density at radius 2 is 2.35 bits per heavy atom. The number of benzene rings is 1. The minimum Gasteiger partial charge on any atom is -0.468 e. The van der Waals surface area contributed by atoms with Crippen LogP contribution in [0.3, 0.4) is 0 Å². The van der Waals surface area contributed by atoms with Crippen molar-refractivity contribution in [3.63, 3.8) is 0 Å². The summed E-state index contributed by atoms with van der Waals surface area (Å²) in [6.45, 7) is 1.59. The zero-order chi connectivity index (χ0) is 12.1. The Kier molecular flexibility index (Phi) is 4.12. The molecule has 1 aromatic rings. The molecule has 4 nitrogen and oxygen atoms in total. The third-order valence-corrected chi connectivity index (χ3v) is 2.92. The first-order valence-electron chi connectivity index (χ1n) is 5.78. The number of esters is 1. The van der Waals surface area contributed by atoms with Crippen molar-refractivity contribution in [3.8, 4) is 0 Å². The van der Waals surface area contributed by atoms with E-state index in [1.54, 1.807) is 0 Å². The Hall–Kier alpha value is -1.39. The highest BCUT2D eigenvalue weighted by Crippen LogP contribution is 2.25. The lowest BCUT2D eigenvalue weighted by Crippen LogP contribution is -2.31. The Labute approximate surface area is 101 Å². The molecule has 1 atom stereocenters. The van der Waals surface area contributed by atoms with Gasteiger partial charge in [-0.3, -0.25) is 4.79 Å². The standard InChI is InChI=1S/C13H17NO3/c1-16-13(15)9-14-8-12-11-5-3-2-4-10(11)6-7-17-12/h2-5,12,14H,6-9H2,1H3. The molecule has 17 heavy (non-hydrogen) atoms. The van der Waals surface area contributed by atoms with Crippen molar-refractivity contribution in [3.05, 3.63) is 35.4 Å². The molecule has 0 aromatic heterocycles. The van der Waals surface area contributed by atoms with Gasteiger partial charge in [-0.25, -0.2) is 0 Å². The maximum absolute atomic E-state index is 11.0. The molecule has 0 radical (unpaired) electrons. The van der Waals surface area contributed by atoms with Crippen LogP contribution >= 0.6 is 0 Å². The lowest BCUT2D eigenvalue weighted by atomic mass is 9.97. The molecule has 0 spiro atoms. The largest absolute Gasteiger partial charge is 0.468 e. The molecule has 2 rings (SSSR count). The van der Waals surface area contributed by atoms with Gasteiger partial charge in [0.25, 0.3) is 0 Å². The molecule has 1 aromatic carbocycles. The number of rotatable bonds is 4. The molecule has 0 fully saturated rings. The summed E-state index contributed by atoms with van der Waals surface area (Å²) in [5, 5.41) is 3.05. The molecule has 1 unspecified atom stereocenters. The Morgan fingerprint density at radius 1 is 1.53 bits per heavy atom. The minimum atomic E-state index is -0.255. The third kappa shape index (κ3) is 3.05. The lowest BCUT2D eigenvalue weighted by molar-refractivity contribution is -0.139. The van der Waals surface area contributed by atoms with Crippen LogP contribution in [0.15, 0.2) is 24.3 Å². The van der Waals surface area contributed by atoms with Crippen molar-refractivity contribution < 1.29 is 14.3 Å². The van der Waals surface area contributed by atoms with Crippen molar-refractivity contribution in [1.82, 2.24) is 5.32 Å². The topological polar surface area (TPSA) is 47.6 Å². The van der Waals surface area contributed by atoms with Gasteiger partial charge < -0.3 is 14.8 Å². The molecule has 4 heteroatoms. The van der Waals surface area contributed by atoms with E-state index in [-0.39, 0.29) is 18.6 Å². The normalized spacial score (nSPS) is 18.5. The zero-order valence-corrected chi connectivity index (χ0v) is 9.94. The first-order valence-corrected chi connectivity index (χ1v) is 5.78. The predicted octanol–water partition coefficient (Wildman–Crippen LogP) is 1.06. The highest BCUT2D eigenvalue weighted by Gasteiger charge is 2.19. The Balaban J connectivity index is 1.92. The molecule has 1 aliphatic heterocycles. The van der Waals surface area contributed by atoms with Gasteiger partial charge in [0, 0.05) is 6.54 Å². The van der Waals surface area contributed by atoms with Crippen molar-refractivity contribution in [1.29, 1.82) is 0 Å². The van der Waals surface area contributed by atoms with Crippen LogP contribution in [0.25, 0.3) is 0 Å². The van der Waals surface area contributed by atoms with E-state index in [0.717, 1.165) is 13.0 Å². The van der Waals surface area contributed by atoms with Crippen LogP contribution in [-0.4, -0.2) is 32.8 Å². The number of hydrogen-bond acceptors (Lipinski definition) is 4. The molecule has 1 heterocycles. The van der Waals surface area contributed by atoms with Crippen LogP contribution in [0.4, 0.5) is 0 Å². The minimum absolute atomic E-state index is 0.0320. The summed E-state index contributed by atoms with van der Waals surface area (Å²) >= 11 is 0. The van der Waals surface area contributed by atoms with Gasteiger partial charge in [0.1, 0.15) is 0 Å². The molecule has 0 aliphatic carbocycles. The van der Waals surface area contributed by atoms with Gasteiger partial charge >= 0.3 is 5.97 Å². The fraction of sp³-hybridized carbons (Fsp3) is 0.462. The van der Waals surface area contributed by atoms with E-state index < -0.39 is 0 Å². The van der Waals surface area contributed by atoms with E-state index in [0.29, 0.717) is 6.54 Å². The predicted molar refractivity (Wildman–Crippen MR) is 63.7 cm³/mol. The zero-order valence-electron chi connectivity index (χ0n) is 9.94. The SMILES string of the molecule is COC(=O)CNCC1OCCc2ccccc21. The molecule has 0 saturated carbocycles. The summed E-state index contributed by atoms with van der Waals surface area (Å²) in [4.78, 5) is 11.0. The Bertz CT molecular complexity index is 392. The van der Waals surface area contributed by atoms with E-state index in [9.17, 15) is 4.79 Å². The second-order valence-electron chi connectivity index (χ2n) is 4.02. The van der Waals surface area contributed by atoms with Gasteiger partial charge in [-0.1, -0.05) is 24.3 Å². The second kappa shape index (κ2) is 5.80. The summed E-state index contributed by atoms with van der Waals surface area (Å²) in [6.07, 6.45) is 0.994. The van der Waals surface area contributed by atoms with Crippen LogP contribution < -0.4 is 5.32 Å². The second-order valence-corrected chi connectivity index (χ2v) is 4.02.